The van der Waals surface area contributed by atoms with Gasteiger partial charge in [-0.05, 0) is 32.0 Å². The van der Waals surface area contributed by atoms with E-state index in [1.807, 2.05) is 0 Å². The van der Waals surface area contributed by atoms with Crippen molar-refractivity contribution >= 4 is 0 Å². The number of rotatable bonds is 7. The summed E-state index contributed by atoms with van der Waals surface area (Å²) in [6, 6.07) is 11.8. The molecule has 0 bridgehead atoms. The number of benzene rings is 1. The van der Waals surface area contributed by atoms with Gasteiger partial charge in [-0.15, -0.1) is 0 Å². The van der Waals surface area contributed by atoms with Crippen molar-refractivity contribution in [3.63, 3.8) is 0 Å². The topological polar surface area (TPSA) is 15.3 Å². The fourth-order valence-corrected chi connectivity index (χ4v) is 2.87. The van der Waals surface area contributed by atoms with E-state index in [2.05, 4.69) is 61.4 Å². The number of nitrogens with zero attached hydrogens (tertiary/aromatic N) is 1. The van der Waals surface area contributed by atoms with Gasteiger partial charge in [0.15, 0.2) is 0 Å². The summed E-state index contributed by atoms with van der Waals surface area (Å²) in [6.07, 6.45) is 2.77. The number of hydrogen-bond donors (Lipinski definition) is 1. The van der Waals surface area contributed by atoms with Crippen LogP contribution in [0.3, 0.4) is 0 Å². The van der Waals surface area contributed by atoms with Crippen LogP contribution in [0.15, 0.2) is 30.3 Å². The van der Waals surface area contributed by atoms with Crippen molar-refractivity contribution in [1.82, 2.24) is 10.2 Å². The molecule has 1 aromatic rings. The standard InChI is InChI=1S/C16H26N2/c1-4-18(15-10-11-15)13-16(2,12-17-3)14-8-6-5-7-9-14/h5-9,15,17H,4,10-13H2,1-3H3. The highest BCUT2D eigenvalue weighted by atomic mass is 15.2. The molecule has 1 saturated carbocycles. The van der Waals surface area contributed by atoms with Gasteiger partial charge < -0.3 is 5.32 Å². The van der Waals surface area contributed by atoms with Crippen molar-refractivity contribution in [2.75, 3.05) is 26.7 Å². The Morgan fingerprint density at radius 2 is 1.94 bits per heavy atom. The van der Waals surface area contributed by atoms with Crippen molar-refractivity contribution in [1.29, 1.82) is 0 Å². The van der Waals surface area contributed by atoms with E-state index in [-0.39, 0.29) is 5.41 Å². The lowest BCUT2D eigenvalue weighted by atomic mass is 9.81. The third-order valence-corrected chi connectivity index (χ3v) is 4.06. The number of likely N-dealkylation sites (N-methyl/N-ethyl adjacent to an activating group) is 2. The van der Waals surface area contributed by atoms with Crippen molar-refractivity contribution in [3.8, 4) is 0 Å². The normalized spacial score (nSPS) is 18.9. The van der Waals surface area contributed by atoms with Gasteiger partial charge in [0.25, 0.3) is 0 Å². The summed E-state index contributed by atoms with van der Waals surface area (Å²) in [4.78, 5) is 2.64. The molecule has 100 valence electrons. The molecule has 1 fully saturated rings. The van der Waals surface area contributed by atoms with Crippen LogP contribution in [-0.2, 0) is 5.41 Å². The molecule has 0 aliphatic heterocycles. The molecule has 1 aromatic carbocycles. The molecular weight excluding hydrogens is 220 g/mol. The Labute approximate surface area is 111 Å². The maximum Gasteiger partial charge on any atom is 0.0177 e. The van der Waals surface area contributed by atoms with Crippen LogP contribution in [0.4, 0.5) is 0 Å². The largest absolute Gasteiger partial charge is 0.319 e. The van der Waals surface area contributed by atoms with Crippen molar-refractivity contribution in [2.24, 2.45) is 0 Å². The van der Waals surface area contributed by atoms with Crippen LogP contribution < -0.4 is 5.32 Å². The highest BCUT2D eigenvalue weighted by Gasteiger charge is 2.34. The summed E-state index contributed by atoms with van der Waals surface area (Å²) in [5.41, 5.74) is 1.65. The third kappa shape index (κ3) is 3.12. The SMILES string of the molecule is CCN(CC(C)(CNC)c1ccccc1)C1CC1. The zero-order valence-corrected chi connectivity index (χ0v) is 11.9. The van der Waals surface area contributed by atoms with Crippen LogP contribution >= 0.6 is 0 Å². The first kappa shape index (κ1) is 13.6. The van der Waals surface area contributed by atoms with Crippen LogP contribution in [-0.4, -0.2) is 37.6 Å². The van der Waals surface area contributed by atoms with E-state index in [1.54, 1.807) is 0 Å². The summed E-state index contributed by atoms with van der Waals surface area (Å²) in [6.45, 7) is 8.00. The quantitative estimate of drug-likeness (QED) is 0.795. The Bertz CT molecular complexity index is 359. The molecule has 2 nitrogen and oxygen atoms in total. The molecule has 2 heteroatoms. The van der Waals surface area contributed by atoms with Gasteiger partial charge in [-0.3, -0.25) is 4.90 Å². The molecule has 0 radical (unpaired) electrons. The van der Waals surface area contributed by atoms with Crippen molar-refractivity contribution < 1.29 is 0 Å². The molecule has 2 rings (SSSR count). The van der Waals surface area contributed by atoms with Crippen molar-refractivity contribution in [3.05, 3.63) is 35.9 Å². The molecule has 0 spiro atoms. The van der Waals surface area contributed by atoms with Crippen LogP contribution in [0.1, 0.15) is 32.3 Å². The van der Waals surface area contributed by atoms with E-state index < -0.39 is 0 Å². The van der Waals surface area contributed by atoms with Crippen LogP contribution in [0.25, 0.3) is 0 Å². The lowest BCUT2D eigenvalue weighted by Crippen LogP contribution is -2.45. The highest BCUT2D eigenvalue weighted by Crippen LogP contribution is 2.31. The second-order valence-corrected chi connectivity index (χ2v) is 5.75. The van der Waals surface area contributed by atoms with Crippen molar-refractivity contribution in [2.45, 2.75) is 38.1 Å². The van der Waals surface area contributed by atoms with Crippen LogP contribution in [0.5, 0.6) is 0 Å². The number of hydrogen-bond acceptors (Lipinski definition) is 2. The average Bonchev–Trinajstić information content (AvgIpc) is 3.22. The number of nitrogens with one attached hydrogen (secondary N) is 1. The van der Waals surface area contributed by atoms with E-state index in [4.69, 9.17) is 0 Å². The van der Waals surface area contributed by atoms with Crippen LogP contribution in [0, 0.1) is 0 Å². The first-order chi connectivity index (χ1) is 8.69. The highest BCUT2D eigenvalue weighted by molar-refractivity contribution is 5.26. The van der Waals surface area contributed by atoms with Gasteiger partial charge in [0.1, 0.15) is 0 Å². The lowest BCUT2D eigenvalue weighted by Gasteiger charge is -2.36. The minimum Gasteiger partial charge on any atom is -0.319 e. The maximum atomic E-state index is 3.37. The molecule has 1 unspecified atom stereocenters. The fraction of sp³-hybridized carbons (Fsp3) is 0.625. The minimum atomic E-state index is 0.203. The molecule has 1 aliphatic carbocycles. The Hall–Kier alpha value is -0.860. The van der Waals surface area contributed by atoms with Gasteiger partial charge in [-0.2, -0.15) is 0 Å². The van der Waals surface area contributed by atoms with E-state index in [0.717, 1.165) is 25.7 Å². The summed E-state index contributed by atoms with van der Waals surface area (Å²) in [7, 11) is 2.05. The van der Waals surface area contributed by atoms with Gasteiger partial charge in [0.2, 0.25) is 0 Å². The van der Waals surface area contributed by atoms with E-state index >= 15 is 0 Å². The predicted molar refractivity (Wildman–Crippen MR) is 78.0 cm³/mol. The Kier molecular flexibility index (Phi) is 4.41. The Morgan fingerprint density at radius 3 is 2.44 bits per heavy atom. The van der Waals surface area contributed by atoms with Gasteiger partial charge in [-0.1, -0.05) is 44.2 Å². The Morgan fingerprint density at radius 1 is 1.28 bits per heavy atom. The minimum absolute atomic E-state index is 0.203. The monoisotopic (exact) mass is 246 g/mol. The third-order valence-electron chi connectivity index (χ3n) is 4.06. The average molecular weight is 246 g/mol. The predicted octanol–water partition coefficient (Wildman–Crippen LogP) is 2.65. The van der Waals surface area contributed by atoms with Gasteiger partial charge in [-0.25, -0.2) is 0 Å². The second kappa shape index (κ2) is 5.85. The van der Waals surface area contributed by atoms with E-state index in [9.17, 15) is 0 Å². The first-order valence-corrected chi connectivity index (χ1v) is 7.14. The molecule has 0 saturated heterocycles. The smallest absolute Gasteiger partial charge is 0.0177 e. The maximum absolute atomic E-state index is 3.37. The summed E-state index contributed by atoms with van der Waals surface area (Å²) in [5.74, 6) is 0. The summed E-state index contributed by atoms with van der Waals surface area (Å²) < 4.78 is 0. The first-order valence-electron chi connectivity index (χ1n) is 7.14. The second-order valence-electron chi connectivity index (χ2n) is 5.75. The summed E-state index contributed by atoms with van der Waals surface area (Å²) in [5, 5.41) is 3.37. The molecule has 0 heterocycles. The van der Waals surface area contributed by atoms with Crippen LogP contribution in [0.2, 0.25) is 0 Å². The summed E-state index contributed by atoms with van der Waals surface area (Å²) >= 11 is 0. The lowest BCUT2D eigenvalue weighted by molar-refractivity contribution is 0.213. The molecule has 1 aliphatic rings. The molecule has 1 atom stereocenters. The zero-order valence-electron chi connectivity index (χ0n) is 11.9. The molecule has 1 N–H and O–H groups in total. The van der Waals surface area contributed by atoms with Gasteiger partial charge in [0, 0.05) is 24.5 Å². The van der Waals surface area contributed by atoms with Gasteiger partial charge in [0.05, 0.1) is 0 Å². The Balaban J connectivity index is 2.15. The van der Waals surface area contributed by atoms with E-state index in [0.29, 0.717) is 0 Å². The molecule has 0 aromatic heterocycles. The molecule has 0 amide bonds. The fourth-order valence-electron chi connectivity index (χ4n) is 2.87. The molecular formula is C16H26N2. The van der Waals surface area contributed by atoms with E-state index in [1.165, 1.54) is 18.4 Å². The zero-order chi connectivity index (χ0) is 13.0. The molecule has 18 heavy (non-hydrogen) atoms. The van der Waals surface area contributed by atoms with Gasteiger partial charge >= 0.3 is 0 Å².